The molecule has 3 rings (SSSR count). The lowest BCUT2D eigenvalue weighted by Gasteiger charge is -2.35. The molecule has 3 heterocycles. The number of aromatic amines is 1. The molecule has 1 aromatic heterocycles. The first kappa shape index (κ1) is 12.1. The van der Waals surface area contributed by atoms with E-state index in [4.69, 9.17) is 4.74 Å². The van der Waals surface area contributed by atoms with Crippen LogP contribution in [-0.2, 0) is 4.74 Å². The van der Waals surface area contributed by atoms with E-state index in [1.807, 2.05) is 6.07 Å². The van der Waals surface area contributed by atoms with Crippen molar-refractivity contribution in [3.63, 3.8) is 0 Å². The van der Waals surface area contributed by atoms with Gasteiger partial charge in [0.1, 0.15) is 0 Å². The van der Waals surface area contributed by atoms with Crippen LogP contribution in [0.2, 0.25) is 0 Å². The number of H-pyrrole nitrogens is 1. The number of morpholine rings is 1. The standard InChI is InChI=1S/C13H22N4O/c1-10(13-4-5-15-16-13)14-7-12-8-17-6-2-3-11(17)9-18-12/h4-5,10-12,14H,2-3,6-9H2,1H3,(H,15,16). The summed E-state index contributed by atoms with van der Waals surface area (Å²) in [5.74, 6) is 0. The Kier molecular flexibility index (Phi) is 3.63. The van der Waals surface area contributed by atoms with Gasteiger partial charge in [-0.1, -0.05) is 0 Å². The zero-order chi connectivity index (χ0) is 12.4. The van der Waals surface area contributed by atoms with E-state index in [1.165, 1.54) is 19.4 Å². The van der Waals surface area contributed by atoms with Crippen molar-refractivity contribution < 1.29 is 4.74 Å². The lowest BCUT2D eigenvalue weighted by molar-refractivity contribution is -0.0477. The Labute approximate surface area is 108 Å². The highest BCUT2D eigenvalue weighted by Gasteiger charge is 2.32. The summed E-state index contributed by atoms with van der Waals surface area (Å²) in [6.07, 6.45) is 4.76. The molecule has 0 amide bonds. The summed E-state index contributed by atoms with van der Waals surface area (Å²) in [7, 11) is 0. The fourth-order valence-corrected chi connectivity index (χ4v) is 2.94. The molecule has 5 heteroatoms. The van der Waals surface area contributed by atoms with E-state index in [1.54, 1.807) is 6.20 Å². The second kappa shape index (κ2) is 5.38. The van der Waals surface area contributed by atoms with Crippen molar-refractivity contribution in [3.05, 3.63) is 18.0 Å². The van der Waals surface area contributed by atoms with Crippen LogP contribution in [0.15, 0.2) is 12.3 Å². The molecule has 0 aromatic carbocycles. The number of hydrogen-bond acceptors (Lipinski definition) is 4. The van der Waals surface area contributed by atoms with Crippen LogP contribution in [-0.4, -0.2) is 53.5 Å². The van der Waals surface area contributed by atoms with E-state index in [-0.39, 0.29) is 0 Å². The first-order valence-electron chi connectivity index (χ1n) is 6.91. The van der Waals surface area contributed by atoms with E-state index >= 15 is 0 Å². The monoisotopic (exact) mass is 250 g/mol. The van der Waals surface area contributed by atoms with Gasteiger partial charge >= 0.3 is 0 Å². The Morgan fingerprint density at radius 1 is 1.67 bits per heavy atom. The Balaban J connectivity index is 1.46. The molecule has 0 bridgehead atoms. The van der Waals surface area contributed by atoms with Crippen LogP contribution in [0.4, 0.5) is 0 Å². The van der Waals surface area contributed by atoms with Gasteiger partial charge in [0.05, 0.1) is 18.4 Å². The highest BCUT2D eigenvalue weighted by Crippen LogP contribution is 2.22. The zero-order valence-electron chi connectivity index (χ0n) is 10.9. The second-order valence-electron chi connectivity index (χ2n) is 5.39. The molecule has 2 saturated heterocycles. The minimum Gasteiger partial charge on any atom is -0.374 e. The van der Waals surface area contributed by atoms with Crippen molar-refractivity contribution in [2.75, 3.05) is 26.2 Å². The number of hydrogen-bond donors (Lipinski definition) is 2. The predicted octanol–water partition coefficient (Wildman–Crippen LogP) is 0.923. The molecule has 1 aromatic rings. The average Bonchev–Trinajstić information content (AvgIpc) is 3.05. The van der Waals surface area contributed by atoms with Crippen LogP contribution in [0.5, 0.6) is 0 Å². The molecule has 3 atom stereocenters. The second-order valence-corrected chi connectivity index (χ2v) is 5.39. The molecule has 5 nitrogen and oxygen atoms in total. The molecule has 2 aliphatic rings. The third kappa shape index (κ3) is 2.58. The van der Waals surface area contributed by atoms with Crippen LogP contribution >= 0.6 is 0 Å². The zero-order valence-corrected chi connectivity index (χ0v) is 10.9. The quantitative estimate of drug-likeness (QED) is 0.834. The maximum Gasteiger partial charge on any atom is 0.0827 e. The topological polar surface area (TPSA) is 53.2 Å². The van der Waals surface area contributed by atoms with Crippen molar-refractivity contribution >= 4 is 0 Å². The first-order chi connectivity index (χ1) is 8.83. The van der Waals surface area contributed by atoms with Gasteiger partial charge in [-0.2, -0.15) is 5.10 Å². The molecular weight excluding hydrogens is 228 g/mol. The average molecular weight is 250 g/mol. The Morgan fingerprint density at radius 2 is 2.61 bits per heavy atom. The number of nitrogens with one attached hydrogen (secondary N) is 2. The lowest BCUT2D eigenvalue weighted by atomic mass is 10.1. The Bertz CT molecular complexity index is 367. The summed E-state index contributed by atoms with van der Waals surface area (Å²) < 4.78 is 5.93. The van der Waals surface area contributed by atoms with Crippen LogP contribution in [0.3, 0.4) is 0 Å². The van der Waals surface area contributed by atoms with Gasteiger partial charge in [0.2, 0.25) is 0 Å². The summed E-state index contributed by atoms with van der Waals surface area (Å²) >= 11 is 0. The first-order valence-corrected chi connectivity index (χ1v) is 6.91. The van der Waals surface area contributed by atoms with E-state index < -0.39 is 0 Å². The summed E-state index contributed by atoms with van der Waals surface area (Å²) in [5.41, 5.74) is 1.13. The van der Waals surface area contributed by atoms with E-state index in [2.05, 4.69) is 27.3 Å². The van der Waals surface area contributed by atoms with E-state index in [0.717, 1.165) is 25.4 Å². The lowest BCUT2D eigenvalue weighted by Crippen LogP contribution is -2.49. The molecule has 3 unspecified atom stereocenters. The minimum atomic E-state index is 0.299. The molecular formula is C13H22N4O. The summed E-state index contributed by atoms with van der Waals surface area (Å²) in [4.78, 5) is 2.58. The third-order valence-corrected chi connectivity index (χ3v) is 4.10. The molecule has 0 spiro atoms. The van der Waals surface area contributed by atoms with Gasteiger partial charge < -0.3 is 10.1 Å². The number of fused-ring (bicyclic) bond motifs is 1. The van der Waals surface area contributed by atoms with Crippen molar-refractivity contribution in [3.8, 4) is 0 Å². The van der Waals surface area contributed by atoms with Gasteiger partial charge in [-0.15, -0.1) is 0 Å². The van der Waals surface area contributed by atoms with Gasteiger partial charge in [-0.05, 0) is 32.4 Å². The van der Waals surface area contributed by atoms with Crippen molar-refractivity contribution in [2.45, 2.75) is 38.0 Å². The SMILES string of the molecule is CC(NCC1CN2CCCC2CO1)c1ccn[nH]1. The van der Waals surface area contributed by atoms with Crippen molar-refractivity contribution in [1.29, 1.82) is 0 Å². The normalized spacial score (nSPS) is 30.3. The highest BCUT2D eigenvalue weighted by molar-refractivity contribution is 5.03. The maximum absolute atomic E-state index is 5.93. The molecule has 18 heavy (non-hydrogen) atoms. The maximum atomic E-state index is 5.93. The van der Waals surface area contributed by atoms with Crippen molar-refractivity contribution in [1.82, 2.24) is 20.4 Å². The fraction of sp³-hybridized carbons (Fsp3) is 0.769. The fourth-order valence-electron chi connectivity index (χ4n) is 2.94. The largest absolute Gasteiger partial charge is 0.374 e. The minimum absolute atomic E-state index is 0.299. The smallest absolute Gasteiger partial charge is 0.0827 e. The summed E-state index contributed by atoms with van der Waals surface area (Å²) in [6, 6.07) is 2.99. The molecule has 0 radical (unpaired) electrons. The van der Waals surface area contributed by atoms with Crippen molar-refractivity contribution in [2.24, 2.45) is 0 Å². The molecule has 100 valence electrons. The number of ether oxygens (including phenoxy) is 1. The van der Waals surface area contributed by atoms with Gasteiger partial charge in [0, 0.05) is 31.4 Å². The van der Waals surface area contributed by atoms with Gasteiger partial charge in [-0.3, -0.25) is 10.00 Å². The van der Waals surface area contributed by atoms with Crippen LogP contribution in [0.1, 0.15) is 31.5 Å². The van der Waals surface area contributed by atoms with Gasteiger partial charge in [0.15, 0.2) is 0 Å². The Morgan fingerprint density at radius 3 is 3.44 bits per heavy atom. The van der Waals surface area contributed by atoms with Crippen LogP contribution in [0, 0.1) is 0 Å². The third-order valence-electron chi connectivity index (χ3n) is 4.10. The predicted molar refractivity (Wildman–Crippen MR) is 69.3 cm³/mol. The molecule has 0 aliphatic carbocycles. The van der Waals surface area contributed by atoms with E-state index in [9.17, 15) is 0 Å². The molecule has 2 N–H and O–H groups in total. The number of nitrogens with zero attached hydrogens (tertiary/aromatic N) is 2. The molecule has 2 fully saturated rings. The van der Waals surface area contributed by atoms with E-state index in [0.29, 0.717) is 18.2 Å². The van der Waals surface area contributed by atoms with Gasteiger partial charge in [0.25, 0.3) is 0 Å². The summed E-state index contributed by atoms with van der Waals surface area (Å²) in [6.45, 7) is 6.29. The molecule has 2 aliphatic heterocycles. The Hall–Kier alpha value is -0.910. The summed E-state index contributed by atoms with van der Waals surface area (Å²) in [5, 5.41) is 10.5. The molecule has 0 saturated carbocycles. The number of aromatic nitrogens is 2. The van der Waals surface area contributed by atoms with Crippen LogP contribution < -0.4 is 5.32 Å². The number of rotatable bonds is 4. The van der Waals surface area contributed by atoms with Gasteiger partial charge in [-0.25, -0.2) is 0 Å². The highest BCUT2D eigenvalue weighted by atomic mass is 16.5. The van der Waals surface area contributed by atoms with Crippen LogP contribution in [0.25, 0.3) is 0 Å².